The summed E-state index contributed by atoms with van der Waals surface area (Å²) >= 11 is 17.4. The van der Waals surface area contributed by atoms with Crippen LogP contribution >= 0.6 is 34.8 Å². The van der Waals surface area contributed by atoms with Gasteiger partial charge in [0.2, 0.25) is 5.88 Å². The van der Waals surface area contributed by atoms with Crippen molar-refractivity contribution in [3.8, 4) is 11.6 Å². The summed E-state index contributed by atoms with van der Waals surface area (Å²) in [6.07, 6.45) is 0. The first-order chi connectivity index (χ1) is 7.66. The van der Waals surface area contributed by atoms with Crippen molar-refractivity contribution >= 4 is 34.8 Å². The normalized spacial score (nSPS) is 10.2. The van der Waals surface area contributed by atoms with E-state index in [2.05, 4.69) is 10.2 Å². The van der Waals surface area contributed by atoms with Crippen LogP contribution in [0.3, 0.4) is 0 Å². The molecule has 0 unspecified atom stereocenters. The zero-order chi connectivity index (χ0) is 11.5. The van der Waals surface area contributed by atoms with Gasteiger partial charge in [-0.1, -0.05) is 40.9 Å². The molecule has 6 heteroatoms. The molecule has 0 saturated heterocycles. The van der Waals surface area contributed by atoms with E-state index in [4.69, 9.17) is 39.5 Å². The molecule has 0 saturated carbocycles. The summed E-state index contributed by atoms with van der Waals surface area (Å²) in [6.45, 7) is 0. The van der Waals surface area contributed by atoms with Crippen LogP contribution in [0.1, 0.15) is 0 Å². The molecule has 0 spiro atoms. The van der Waals surface area contributed by atoms with Gasteiger partial charge in [0.25, 0.3) is 0 Å². The monoisotopic (exact) mass is 274 g/mol. The predicted octanol–water partition coefficient (Wildman–Crippen LogP) is 4.23. The van der Waals surface area contributed by atoms with E-state index < -0.39 is 0 Å². The molecule has 0 aliphatic heterocycles. The van der Waals surface area contributed by atoms with Crippen LogP contribution in [0.5, 0.6) is 11.6 Å². The fraction of sp³-hybridized carbons (Fsp3) is 0. The largest absolute Gasteiger partial charge is 0.436 e. The minimum absolute atomic E-state index is 0.296. The molecule has 1 aromatic heterocycles. The molecule has 0 fully saturated rings. The fourth-order valence-electron chi connectivity index (χ4n) is 1.03. The third-order valence-electron chi connectivity index (χ3n) is 1.74. The van der Waals surface area contributed by atoms with Crippen molar-refractivity contribution in [2.75, 3.05) is 0 Å². The standard InChI is InChI=1S/C10H5Cl3N2O/c11-6-2-1-3-7(10(6)13)16-9-5-4-8(12)14-15-9/h1-5H. The molecule has 3 nitrogen and oxygen atoms in total. The topological polar surface area (TPSA) is 35.0 Å². The fourth-order valence-corrected chi connectivity index (χ4v) is 1.46. The van der Waals surface area contributed by atoms with Crippen molar-refractivity contribution in [3.63, 3.8) is 0 Å². The Morgan fingerprint density at radius 1 is 0.938 bits per heavy atom. The van der Waals surface area contributed by atoms with Crippen molar-refractivity contribution in [3.05, 3.63) is 45.5 Å². The van der Waals surface area contributed by atoms with Crippen LogP contribution in [0, 0.1) is 0 Å². The van der Waals surface area contributed by atoms with Crippen LogP contribution in [0.2, 0.25) is 15.2 Å². The molecule has 82 valence electrons. The molecule has 2 rings (SSSR count). The maximum atomic E-state index is 5.94. The lowest BCUT2D eigenvalue weighted by molar-refractivity contribution is 0.455. The summed E-state index contributed by atoms with van der Waals surface area (Å²) < 4.78 is 5.40. The van der Waals surface area contributed by atoms with Gasteiger partial charge in [0.05, 0.1) is 5.02 Å². The number of ether oxygens (including phenoxy) is 1. The van der Waals surface area contributed by atoms with E-state index in [1.54, 1.807) is 30.3 Å². The molecule has 0 amide bonds. The van der Waals surface area contributed by atoms with E-state index in [9.17, 15) is 0 Å². The molecule has 2 aromatic rings. The van der Waals surface area contributed by atoms with Crippen molar-refractivity contribution in [2.24, 2.45) is 0 Å². The Balaban J connectivity index is 2.27. The highest BCUT2D eigenvalue weighted by Crippen LogP contribution is 2.33. The molecular formula is C10H5Cl3N2O. The van der Waals surface area contributed by atoms with Crippen LogP contribution in [-0.2, 0) is 0 Å². The first kappa shape index (κ1) is 11.5. The van der Waals surface area contributed by atoms with Gasteiger partial charge in [-0.2, -0.15) is 0 Å². The van der Waals surface area contributed by atoms with Gasteiger partial charge in [0.15, 0.2) is 5.15 Å². The second-order valence-electron chi connectivity index (χ2n) is 2.85. The van der Waals surface area contributed by atoms with E-state index in [1.165, 1.54) is 0 Å². The van der Waals surface area contributed by atoms with E-state index in [0.717, 1.165) is 0 Å². The van der Waals surface area contributed by atoms with E-state index in [-0.39, 0.29) is 0 Å². The SMILES string of the molecule is Clc1ccc(Oc2cccc(Cl)c2Cl)nn1. The van der Waals surface area contributed by atoms with Crippen LogP contribution in [-0.4, -0.2) is 10.2 Å². The Hall–Kier alpha value is -1.03. The molecule has 0 radical (unpaired) electrons. The molecule has 16 heavy (non-hydrogen) atoms. The molecule has 0 N–H and O–H groups in total. The minimum Gasteiger partial charge on any atom is -0.436 e. The molecule has 0 bridgehead atoms. The summed E-state index contributed by atoms with van der Waals surface area (Å²) in [5, 5.41) is 8.43. The molecule has 0 aliphatic carbocycles. The van der Waals surface area contributed by atoms with Crippen LogP contribution in [0.25, 0.3) is 0 Å². The van der Waals surface area contributed by atoms with E-state index >= 15 is 0 Å². The molecule has 1 aromatic carbocycles. The maximum absolute atomic E-state index is 5.94. The number of nitrogens with zero attached hydrogens (tertiary/aromatic N) is 2. The summed E-state index contributed by atoms with van der Waals surface area (Å²) in [5.74, 6) is 0.722. The number of rotatable bonds is 2. The Labute approximate surface area is 107 Å². The van der Waals surface area contributed by atoms with Gasteiger partial charge in [-0.3, -0.25) is 0 Å². The molecule has 0 aliphatic rings. The van der Waals surface area contributed by atoms with Crippen molar-refractivity contribution in [2.45, 2.75) is 0 Å². The average molecular weight is 276 g/mol. The van der Waals surface area contributed by atoms with Crippen molar-refractivity contribution < 1.29 is 4.74 Å². The molecule has 0 atom stereocenters. The van der Waals surface area contributed by atoms with Crippen molar-refractivity contribution in [1.29, 1.82) is 0 Å². The lowest BCUT2D eigenvalue weighted by atomic mass is 10.3. The smallest absolute Gasteiger partial charge is 0.239 e. The van der Waals surface area contributed by atoms with Crippen LogP contribution in [0.4, 0.5) is 0 Å². The number of hydrogen-bond acceptors (Lipinski definition) is 3. The summed E-state index contributed by atoms with van der Waals surface area (Å²) in [7, 11) is 0. The Morgan fingerprint density at radius 2 is 1.75 bits per heavy atom. The first-order valence-corrected chi connectivity index (χ1v) is 5.41. The Kier molecular flexibility index (Phi) is 3.49. The van der Waals surface area contributed by atoms with Gasteiger partial charge < -0.3 is 4.74 Å². The highest BCUT2D eigenvalue weighted by atomic mass is 35.5. The second kappa shape index (κ2) is 4.87. The van der Waals surface area contributed by atoms with Gasteiger partial charge >= 0.3 is 0 Å². The third-order valence-corrected chi connectivity index (χ3v) is 2.74. The van der Waals surface area contributed by atoms with Gasteiger partial charge in [-0.25, -0.2) is 0 Å². The van der Waals surface area contributed by atoms with Gasteiger partial charge in [-0.05, 0) is 18.2 Å². The highest BCUT2D eigenvalue weighted by Gasteiger charge is 2.07. The summed E-state index contributed by atoms with van der Waals surface area (Å²) in [4.78, 5) is 0. The number of benzene rings is 1. The summed E-state index contributed by atoms with van der Waals surface area (Å²) in [6, 6.07) is 8.25. The third kappa shape index (κ3) is 2.55. The summed E-state index contributed by atoms with van der Waals surface area (Å²) in [5.41, 5.74) is 0. The Bertz CT molecular complexity index is 502. The number of hydrogen-bond donors (Lipinski definition) is 0. The number of halogens is 3. The second-order valence-corrected chi connectivity index (χ2v) is 4.02. The zero-order valence-corrected chi connectivity index (χ0v) is 10.1. The minimum atomic E-state index is 0.296. The maximum Gasteiger partial charge on any atom is 0.239 e. The zero-order valence-electron chi connectivity index (χ0n) is 7.82. The van der Waals surface area contributed by atoms with Crippen molar-refractivity contribution in [1.82, 2.24) is 10.2 Å². The van der Waals surface area contributed by atoms with E-state index in [0.29, 0.717) is 26.8 Å². The highest BCUT2D eigenvalue weighted by molar-refractivity contribution is 6.42. The average Bonchev–Trinajstić information content (AvgIpc) is 2.28. The van der Waals surface area contributed by atoms with Gasteiger partial charge in [-0.15, -0.1) is 10.2 Å². The lowest BCUT2D eigenvalue weighted by Crippen LogP contribution is -1.90. The van der Waals surface area contributed by atoms with Gasteiger partial charge in [0.1, 0.15) is 10.8 Å². The first-order valence-electron chi connectivity index (χ1n) is 4.28. The van der Waals surface area contributed by atoms with Crippen LogP contribution in [0.15, 0.2) is 30.3 Å². The number of aromatic nitrogens is 2. The predicted molar refractivity (Wildman–Crippen MR) is 63.6 cm³/mol. The van der Waals surface area contributed by atoms with Gasteiger partial charge in [0, 0.05) is 6.07 Å². The van der Waals surface area contributed by atoms with E-state index in [1.807, 2.05) is 0 Å². The lowest BCUT2D eigenvalue weighted by Gasteiger charge is -2.06. The molecule has 1 heterocycles. The Morgan fingerprint density at radius 3 is 2.44 bits per heavy atom. The van der Waals surface area contributed by atoms with Crippen LogP contribution < -0.4 is 4.74 Å². The molecular weight excluding hydrogens is 270 g/mol. The quantitative estimate of drug-likeness (QED) is 0.822.